The van der Waals surface area contributed by atoms with E-state index < -0.39 is 0 Å². The van der Waals surface area contributed by atoms with Gasteiger partial charge in [-0.25, -0.2) is 9.97 Å². The average molecular weight is 286 g/mol. The second kappa shape index (κ2) is 4.90. The van der Waals surface area contributed by atoms with Crippen molar-refractivity contribution in [3.63, 3.8) is 0 Å². The highest BCUT2D eigenvalue weighted by Gasteiger charge is 2.19. The lowest BCUT2D eigenvalue weighted by molar-refractivity contribution is 0.547. The van der Waals surface area contributed by atoms with E-state index in [0.717, 1.165) is 17.5 Å². The quantitative estimate of drug-likeness (QED) is 0.801. The molecule has 0 radical (unpaired) electrons. The van der Waals surface area contributed by atoms with Gasteiger partial charge in [0.05, 0.1) is 5.39 Å². The molecule has 104 valence electrons. The standard InChI is InChI=1S/C15H18N4S/c1-9(6-12-4-5-20-7-12)19-11(3)10(2)13-14(16)17-8-18-15(13)19/h4-5,7-9H,6H2,1-3H3,(H2,16,17,18). The van der Waals surface area contributed by atoms with E-state index in [1.165, 1.54) is 16.8 Å². The Kier molecular flexibility index (Phi) is 3.22. The molecule has 5 heteroatoms. The van der Waals surface area contributed by atoms with E-state index in [0.29, 0.717) is 11.9 Å². The normalized spacial score (nSPS) is 12.9. The van der Waals surface area contributed by atoms with Crippen LogP contribution in [0.2, 0.25) is 0 Å². The van der Waals surface area contributed by atoms with Gasteiger partial charge in [-0.05, 0) is 55.1 Å². The topological polar surface area (TPSA) is 56.7 Å². The van der Waals surface area contributed by atoms with Gasteiger partial charge in [-0.15, -0.1) is 0 Å². The molecule has 0 saturated carbocycles. The number of rotatable bonds is 3. The predicted octanol–water partition coefficient (Wildman–Crippen LogP) is 3.50. The molecule has 1 unspecified atom stereocenters. The molecule has 0 aromatic carbocycles. The molecule has 3 rings (SSSR count). The van der Waals surface area contributed by atoms with Crippen molar-refractivity contribution in [1.29, 1.82) is 0 Å². The maximum Gasteiger partial charge on any atom is 0.146 e. The van der Waals surface area contributed by atoms with E-state index in [2.05, 4.69) is 52.1 Å². The summed E-state index contributed by atoms with van der Waals surface area (Å²) in [6.45, 7) is 6.44. The second-order valence-corrected chi connectivity index (χ2v) is 6.00. The fourth-order valence-corrected chi connectivity index (χ4v) is 3.51. The van der Waals surface area contributed by atoms with Crippen molar-refractivity contribution in [2.75, 3.05) is 5.73 Å². The summed E-state index contributed by atoms with van der Waals surface area (Å²) < 4.78 is 2.28. The third kappa shape index (κ3) is 1.98. The van der Waals surface area contributed by atoms with Crippen molar-refractivity contribution < 1.29 is 0 Å². The van der Waals surface area contributed by atoms with Crippen LogP contribution in [0.4, 0.5) is 5.82 Å². The maximum atomic E-state index is 6.01. The average Bonchev–Trinajstić information content (AvgIpc) is 2.99. The molecule has 3 aromatic heterocycles. The monoisotopic (exact) mass is 286 g/mol. The Morgan fingerprint density at radius 2 is 2.15 bits per heavy atom. The van der Waals surface area contributed by atoms with Gasteiger partial charge in [0.25, 0.3) is 0 Å². The molecule has 0 aliphatic rings. The first kappa shape index (κ1) is 13.1. The number of aryl methyl sites for hydroxylation is 1. The molecule has 0 bridgehead atoms. The van der Waals surface area contributed by atoms with Crippen LogP contribution in [0.1, 0.15) is 29.8 Å². The van der Waals surface area contributed by atoms with Crippen LogP contribution in [-0.4, -0.2) is 14.5 Å². The molecule has 0 spiro atoms. The zero-order valence-corrected chi connectivity index (χ0v) is 12.7. The highest BCUT2D eigenvalue weighted by Crippen LogP contribution is 2.31. The van der Waals surface area contributed by atoms with E-state index in [1.807, 2.05) is 0 Å². The highest BCUT2D eigenvalue weighted by atomic mass is 32.1. The number of hydrogen-bond donors (Lipinski definition) is 1. The first-order chi connectivity index (χ1) is 9.59. The summed E-state index contributed by atoms with van der Waals surface area (Å²) in [6.07, 6.45) is 2.54. The number of nitrogen functional groups attached to an aromatic ring is 1. The summed E-state index contributed by atoms with van der Waals surface area (Å²) in [6, 6.07) is 2.52. The molecule has 20 heavy (non-hydrogen) atoms. The number of thiophene rings is 1. The fourth-order valence-electron chi connectivity index (χ4n) is 2.83. The van der Waals surface area contributed by atoms with Crippen molar-refractivity contribution in [2.24, 2.45) is 0 Å². The van der Waals surface area contributed by atoms with E-state index in [9.17, 15) is 0 Å². The Bertz CT molecular complexity index is 743. The van der Waals surface area contributed by atoms with Crippen LogP contribution in [0.15, 0.2) is 23.2 Å². The Balaban J connectivity index is 2.11. The van der Waals surface area contributed by atoms with Crippen LogP contribution in [0.25, 0.3) is 11.0 Å². The molecule has 0 amide bonds. The minimum Gasteiger partial charge on any atom is -0.383 e. The lowest BCUT2D eigenvalue weighted by atomic mass is 10.1. The van der Waals surface area contributed by atoms with Gasteiger partial charge in [0.15, 0.2) is 0 Å². The predicted molar refractivity (Wildman–Crippen MR) is 84.1 cm³/mol. The number of nitrogens with zero attached hydrogens (tertiary/aromatic N) is 3. The van der Waals surface area contributed by atoms with Crippen molar-refractivity contribution in [2.45, 2.75) is 33.2 Å². The van der Waals surface area contributed by atoms with Crippen molar-refractivity contribution in [3.05, 3.63) is 40.0 Å². The summed E-state index contributed by atoms with van der Waals surface area (Å²) in [4.78, 5) is 8.56. The Morgan fingerprint density at radius 3 is 2.85 bits per heavy atom. The fraction of sp³-hybridized carbons (Fsp3) is 0.333. The van der Waals surface area contributed by atoms with Crippen LogP contribution >= 0.6 is 11.3 Å². The van der Waals surface area contributed by atoms with Gasteiger partial charge in [-0.3, -0.25) is 0 Å². The molecule has 3 aromatic rings. The van der Waals surface area contributed by atoms with Gasteiger partial charge in [0, 0.05) is 11.7 Å². The molecule has 1 atom stereocenters. The Morgan fingerprint density at radius 1 is 1.35 bits per heavy atom. The third-order valence-electron chi connectivity index (χ3n) is 3.92. The molecule has 0 saturated heterocycles. The van der Waals surface area contributed by atoms with Crippen molar-refractivity contribution in [1.82, 2.24) is 14.5 Å². The summed E-state index contributed by atoms with van der Waals surface area (Å²) in [7, 11) is 0. The van der Waals surface area contributed by atoms with Gasteiger partial charge in [0.2, 0.25) is 0 Å². The zero-order valence-electron chi connectivity index (χ0n) is 11.9. The largest absolute Gasteiger partial charge is 0.383 e. The van der Waals surface area contributed by atoms with Gasteiger partial charge in [0.1, 0.15) is 17.8 Å². The van der Waals surface area contributed by atoms with Crippen LogP contribution in [0, 0.1) is 13.8 Å². The molecule has 3 heterocycles. The van der Waals surface area contributed by atoms with Gasteiger partial charge >= 0.3 is 0 Å². The van der Waals surface area contributed by atoms with Gasteiger partial charge in [-0.2, -0.15) is 11.3 Å². The van der Waals surface area contributed by atoms with Crippen LogP contribution < -0.4 is 5.73 Å². The van der Waals surface area contributed by atoms with E-state index in [-0.39, 0.29) is 0 Å². The van der Waals surface area contributed by atoms with Crippen LogP contribution in [0.3, 0.4) is 0 Å². The lowest BCUT2D eigenvalue weighted by Crippen LogP contribution is -2.10. The number of anilines is 1. The third-order valence-corrected chi connectivity index (χ3v) is 4.65. The summed E-state index contributed by atoms with van der Waals surface area (Å²) >= 11 is 1.74. The van der Waals surface area contributed by atoms with Gasteiger partial charge in [-0.1, -0.05) is 0 Å². The molecular formula is C15H18N4S. The van der Waals surface area contributed by atoms with Crippen molar-refractivity contribution >= 4 is 28.2 Å². The molecule has 0 aliphatic carbocycles. The summed E-state index contributed by atoms with van der Waals surface area (Å²) in [5, 5.41) is 5.31. The zero-order chi connectivity index (χ0) is 14.3. The number of aromatic nitrogens is 3. The maximum absolute atomic E-state index is 6.01. The smallest absolute Gasteiger partial charge is 0.146 e. The number of hydrogen-bond acceptors (Lipinski definition) is 4. The lowest BCUT2D eigenvalue weighted by Gasteiger charge is -2.16. The molecule has 4 nitrogen and oxygen atoms in total. The van der Waals surface area contributed by atoms with E-state index in [1.54, 1.807) is 17.7 Å². The molecule has 0 aliphatic heterocycles. The number of nitrogens with two attached hydrogens (primary N) is 1. The first-order valence-electron chi connectivity index (χ1n) is 6.68. The minimum absolute atomic E-state index is 0.343. The Hall–Kier alpha value is -1.88. The van der Waals surface area contributed by atoms with E-state index in [4.69, 9.17) is 5.73 Å². The summed E-state index contributed by atoms with van der Waals surface area (Å²) in [5.41, 5.74) is 10.7. The molecule has 2 N–H and O–H groups in total. The van der Waals surface area contributed by atoms with Gasteiger partial charge < -0.3 is 10.3 Å². The Labute approximate surface area is 122 Å². The van der Waals surface area contributed by atoms with E-state index >= 15 is 0 Å². The number of fused-ring (bicyclic) bond motifs is 1. The van der Waals surface area contributed by atoms with Crippen molar-refractivity contribution in [3.8, 4) is 0 Å². The summed E-state index contributed by atoms with van der Waals surface area (Å²) in [5.74, 6) is 0.567. The molecular weight excluding hydrogens is 268 g/mol. The molecule has 0 fully saturated rings. The van der Waals surface area contributed by atoms with Crippen LogP contribution in [0.5, 0.6) is 0 Å². The minimum atomic E-state index is 0.343. The first-order valence-corrected chi connectivity index (χ1v) is 7.62. The highest BCUT2D eigenvalue weighted by molar-refractivity contribution is 7.07. The second-order valence-electron chi connectivity index (χ2n) is 5.22. The SMILES string of the molecule is Cc1c(C)n(C(C)Cc2ccsc2)c2ncnc(N)c12. The van der Waals surface area contributed by atoms with Crippen LogP contribution in [-0.2, 0) is 6.42 Å².